The van der Waals surface area contributed by atoms with E-state index in [0.717, 1.165) is 50.5 Å². The summed E-state index contributed by atoms with van der Waals surface area (Å²) >= 11 is 0. The topological polar surface area (TPSA) is 87.6 Å². The number of carbonyl (C=O) groups excluding carboxylic acids is 1. The number of ether oxygens (including phenoxy) is 1. The van der Waals surface area contributed by atoms with Gasteiger partial charge in [0, 0.05) is 24.6 Å². The van der Waals surface area contributed by atoms with Gasteiger partial charge in [-0.25, -0.2) is 9.97 Å². The molecule has 1 aromatic rings. The molecule has 1 saturated carbocycles. The number of fused-ring (bicyclic) bond motifs is 1. The van der Waals surface area contributed by atoms with Crippen LogP contribution in [0.2, 0.25) is 0 Å². The van der Waals surface area contributed by atoms with E-state index in [2.05, 4.69) is 15.3 Å². The molecule has 1 aliphatic carbocycles. The van der Waals surface area contributed by atoms with E-state index in [4.69, 9.17) is 9.84 Å². The second-order valence-electron chi connectivity index (χ2n) is 6.92. The Bertz CT molecular complexity index is 649. The van der Waals surface area contributed by atoms with Gasteiger partial charge in [-0.15, -0.1) is 13.2 Å². The molecule has 3 aliphatic heterocycles. The van der Waals surface area contributed by atoms with E-state index in [-0.39, 0.29) is 17.4 Å². The van der Waals surface area contributed by atoms with Gasteiger partial charge in [-0.2, -0.15) is 0 Å². The molecule has 144 valence electrons. The molecule has 1 amide bonds. The van der Waals surface area contributed by atoms with Gasteiger partial charge >= 0.3 is 6.36 Å². The summed E-state index contributed by atoms with van der Waals surface area (Å²) in [6.07, 6.45) is 0.235. The Kier molecular flexibility index (Phi) is 5.07. The van der Waals surface area contributed by atoms with Crippen molar-refractivity contribution in [1.82, 2.24) is 14.9 Å². The van der Waals surface area contributed by atoms with Crippen molar-refractivity contribution < 1.29 is 27.8 Å². The Labute approximate surface area is 148 Å². The maximum absolute atomic E-state index is 12.1. The molecule has 4 heterocycles. The first kappa shape index (κ1) is 18.8. The monoisotopic (exact) mass is 374 g/mol. The van der Waals surface area contributed by atoms with Gasteiger partial charge in [0.25, 0.3) is 0 Å². The Morgan fingerprint density at radius 3 is 2.58 bits per heavy atom. The third kappa shape index (κ3) is 4.24. The van der Waals surface area contributed by atoms with E-state index in [9.17, 15) is 18.0 Å². The largest absolute Gasteiger partial charge is 0.519 e. The molecule has 0 radical (unpaired) electrons. The van der Waals surface area contributed by atoms with Crippen LogP contribution in [0.15, 0.2) is 12.4 Å². The Hall–Kier alpha value is -1.94. The molecule has 26 heavy (non-hydrogen) atoms. The quantitative estimate of drug-likeness (QED) is 0.829. The number of nitrogens with one attached hydrogen (secondary N) is 1. The summed E-state index contributed by atoms with van der Waals surface area (Å²) in [6.45, 7) is 4.40. The van der Waals surface area contributed by atoms with Crippen molar-refractivity contribution in [2.75, 3.05) is 25.0 Å². The van der Waals surface area contributed by atoms with Crippen LogP contribution in [0.4, 0.5) is 19.0 Å². The van der Waals surface area contributed by atoms with Crippen molar-refractivity contribution in [2.24, 2.45) is 0 Å². The molecule has 1 aromatic heterocycles. The fraction of sp³-hybridized carbons (Fsp3) is 0.688. The molecule has 2 bridgehead atoms. The molecule has 2 N–H and O–H groups in total. The lowest BCUT2D eigenvalue weighted by Crippen LogP contribution is -2.48. The zero-order chi connectivity index (χ0) is 18.9. The summed E-state index contributed by atoms with van der Waals surface area (Å²) in [7, 11) is 0. The molecular formula is C16H21F3N4O3. The van der Waals surface area contributed by atoms with Crippen molar-refractivity contribution in [2.45, 2.75) is 50.1 Å². The average molecular weight is 374 g/mol. The summed E-state index contributed by atoms with van der Waals surface area (Å²) in [4.78, 5) is 22.7. The minimum atomic E-state index is -5.00. The van der Waals surface area contributed by atoms with Crippen LogP contribution in [-0.4, -0.2) is 64.1 Å². The molecule has 0 unspecified atom stereocenters. The lowest BCUT2D eigenvalue weighted by Gasteiger charge is -2.35. The van der Waals surface area contributed by atoms with E-state index in [1.165, 1.54) is 0 Å². The molecule has 4 fully saturated rings. The maximum atomic E-state index is 12.1. The number of hydrogen-bond donors (Lipinski definition) is 2. The summed E-state index contributed by atoms with van der Waals surface area (Å²) in [5.74, 6) is 0.874. The number of nitrogens with zero attached hydrogens (tertiary/aromatic N) is 3. The second kappa shape index (κ2) is 6.99. The fourth-order valence-electron chi connectivity index (χ4n) is 3.43. The van der Waals surface area contributed by atoms with Crippen molar-refractivity contribution in [3.8, 4) is 0 Å². The predicted molar refractivity (Wildman–Crippen MR) is 85.2 cm³/mol. The number of aliphatic hydroxyl groups is 1. The van der Waals surface area contributed by atoms with Gasteiger partial charge in [0.15, 0.2) is 0 Å². The normalized spacial score (nSPS) is 27.6. The summed E-state index contributed by atoms with van der Waals surface area (Å²) in [5, 5.41) is 9.73. The van der Waals surface area contributed by atoms with E-state index in [0.29, 0.717) is 6.10 Å². The first-order valence-corrected chi connectivity index (χ1v) is 8.45. The number of rotatable bonds is 4. The zero-order valence-corrected chi connectivity index (χ0v) is 14.3. The Morgan fingerprint density at radius 1 is 1.42 bits per heavy atom. The third-order valence-electron chi connectivity index (χ3n) is 4.95. The van der Waals surface area contributed by atoms with E-state index < -0.39 is 6.36 Å². The van der Waals surface area contributed by atoms with Gasteiger partial charge in [0.1, 0.15) is 18.2 Å². The molecular weight excluding hydrogens is 353 g/mol. The number of anilines is 1. The van der Waals surface area contributed by atoms with Gasteiger partial charge in [0.05, 0.1) is 18.4 Å². The van der Waals surface area contributed by atoms with Crippen LogP contribution in [0, 0.1) is 0 Å². The van der Waals surface area contributed by atoms with Gasteiger partial charge in [-0.3, -0.25) is 4.79 Å². The van der Waals surface area contributed by atoms with Crippen molar-refractivity contribution in [3.05, 3.63) is 18.1 Å². The number of likely N-dealkylation sites (tertiary alicyclic amines) is 1. The molecule has 0 spiro atoms. The van der Waals surface area contributed by atoms with Crippen LogP contribution in [-0.2, 0) is 14.9 Å². The van der Waals surface area contributed by atoms with Crippen LogP contribution < -0.4 is 5.32 Å². The summed E-state index contributed by atoms with van der Waals surface area (Å²) in [5.41, 5.74) is 1.13. The van der Waals surface area contributed by atoms with E-state index in [1.807, 2.05) is 17.9 Å². The Morgan fingerprint density at radius 2 is 2.08 bits per heavy atom. The van der Waals surface area contributed by atoms with Crippen molar-refractivity contribution in [3.63, 3.8) is 0 Å². The average Bonchev–Trinajstić information content (AvgIpc) is 3.04. The number of alkyl halides is 3. The minimum Gasteiger partial charge on any atom is -0.377 e. The van der Waals surface area contributed by atoms with Crippen molar-refractivity contribution in [1.29, 1.82) is 0 Å². The zero-order valence-electron chi connectivity index (χ0n) is 14.3. The lowest BCUT2D eigenvalue weighted by atomic mass is 9.68. The SMILES string of the molecule is C[C@@H](Nc1cc(C23COC(C2)C3)ncn1)C(=O)N1CCC1.OC(F)(F)F. The van der Waals surface area contributed by atoms with Gasteiger partial charge in [-0.1, -0.05) is 0 Å². The number of hydrogen-bond acceptors (Lipinski definition) is 6. The van der Waals surface area contributed by atoms with Crippen LogP contribution in [0.25, 0.3) is 0 Å². The molecule has 4 aliphatic rings. The van der Waals surface area contributed by atoms with Crippen LogP contribution in [0.1, 0.15) is 31.9 Å². The van der Waals surface area contributed by atoms with Gasteiger partial charge < -0.3 is 20.1 Å². The number of carbonyl (C=O) groups is 1. The highest BCUT2D eigenvalue weighted by atomic mass is 19.4. The predicted octanol–water partition coefficient (Wildman–Crippen LogP) is 1.44. The molecule has 5 rings (SSSR count). The molecule has 3 saturated heterocycles. The highest BCUT2D eigenvalue weighted by Gasteiger charge is 2.54. The van der Waals surface area contributed by atoms with Gasteiger partial charge in [-0.05, 0) is 26.2 Å². The molecule has 7 nitrogen and oxygen atoms in total. The molecule has 0 aromatic carbocycles. The first-order valence-electron chi connectivity index (χ1n) is 8.45. The van der Waals surface area contributed by atoms with Crippen molar-refractivity contribution >= 4 is 11.7 Å². The Balaban J connectivity index is 0.000000349. The smallest absolute Gasteiger partial charge is 0.377 e. The lowest BCUT2D eigenvalue weighted by molar-refractivity contribution is -0.295. The standard InChI is InChI=1S/C15H20N4O2.CHF3O/c1-10(14(20)19-3-2-4-19)18-13-5-12(16-9-17-13)15-6-11(7-15)21-8-15;2-1(3,4)5/h5,9-11H,2-4,6-8H2,1H3,(H,16,17,18);5H/t10-,11?,15?;/m1./s1. The maximum Gasteiger partial charge on any atom is 0.519 e. The number of amides is 1. The van der Waals surface area contributed by atoms with Crippen LogP contribution in [0.3, 0.4) is 0 Å². The first-order chi connectivity index (χ1) is 12.2. The van der Waals surface area contributed by atoms with E-state index >= 15 is 0 Å². The second-order valence-corrected chi connectivity index (χ2v) is 6.92. The highest BCUT2D eigenvalue weighted by molar-refractivity contribution is 5.84. The van der Waals surface area contributed by atoms with E-state index in [1.54, 1.807) is 6.33 Å². The number of halogens is 3. The third-order valence-corrected chi connectivity index (χ3v) is 4.95. The van der Waals surface area contributed by atoms with Crippen LogP contribution in [0.5, 0.6) is 0 Å². The number of aromatic nitrogens is 2. The summed E-state index contributed by atoms with van der Waals surface area (Å²) < 4.78 is 35.4. The molecule has 1 atom stereocenters. The molecule has 10 heteroatoms. The fourth-order valence-corrected chi connectivity index (χ4v) is 3.43. The summed E-state index contributed by atoms with van der Waals surface area (Å²) in [6, 6.07) is 1.73. The van der Waals surface area contributed by atoms with Gasteiger partial charge in [0.2, 0.25) is 5.91 Å². The minimum absolute atomic E-state index is 0.0920. The van der Waals surface area contributed by atoms with Crippen LogP contribution >= 0.6 is 0 Å². The highest BCUT2D eigenvalue weighted by Crippen LogP contribution is 2.51.